The first-order valence-corrected chi connectivity index (χ1v) is 10.1. The third-order valence-electron chi connectivity index (χ3n) is 5.23. The fourth-order valence-electron chi connectivity index (χ4n) is 3.42. The molecule has 4 rings (SSSR count). The number of rotatable bonds is 5. The van der Waals surface area contributed by atoms with Gasteiger partial charge in [-0.2, -0.15) is 0 Å². The number of benzene rings is 3. The molecule has 3 aromatic carbocycles. The van der Waals surface area contributed by atoms with Gasteiger partial charge in [0.25, 0.3) is 5.69 Å². The zero-order valence-electron chi connectivity index (χ0n) is 17.8. The first-order valence-electron chi connectivity index (χ1n) is 10.1. The summed E-state index contributed by atoms with van der Waals surface area (Å²) in [7, 11) is 0. The van der Waals surface area contributed by atoms with E-state index in [9.17, 15) is 10.1 Å². The SMILES string of the molecule is CC(C)(C)c1ccc(Cn2c(/N=C/c3ccc([N+](=O)[O-])cc3)nc3ccccc32)cc1. The van der Waals surface area contributed by atoms with Crippen molar-refractivity contribution in [2.75, 3.05) is 0 Å². The second kappa shape index (κ2) is 8.14. The van der Waals surface area contributed by atoms with Crippen molar-refractivity contribution < 1.29 is 4.92 Å². The Morgan fingerprint density at radius 2 is 1.68 bits per heavy atom. The van der Waals surface area contributed by atoms with E-state index in [1.165, 1.54) is 23.3 Å². The highest BCUT2D eigenvalue weighted by molar-refractivity contribution is 5.84. The number of hydrogen-bond donors (Lipinski definition) is 0. The second-order valence-corrected chi connectivity index (χ2v) is 8.54. The first kappa shape index (κ1) is 20.5. The minimum Gasteiger partial charge on any atom is -0.304 e. The van der Waals surface area contributed by atoms with Crippen LogP contribution < -0.4 is 0 Å². The molecule has 0 atom stereocenters. The van der Waals surface area contributed by atoms with Crippen molar-refractivity contribution in [3.8, 4) is 0 Å². The van der Waals surface area contributed by atoms with Crippen molar-refractivity contribution in [3.63, 3.8) is 0 Å². The predicted octanol–water partition coefficient (Wildman–Crippen LogP) is 6.04. The molecule has 1 aromatic heterocycles. The van der Waals surface area contributed by atoms with E-state index >= 15 is 0 Å². The highest BCUT2D eigenvalue weighted by Gasteiger charge is 2.14. The van der Waals surface area contributed by atoms with E-state index in [0.717, 1.165) is 16.6 Å². The van der Waals surface area contributed by atoms with Crippen LogP contribution in [0.15, 0.2) is 77.8 Å². The summed E-state index contributed by atoms with van der Waals surface area (Å²) in [5, 5.41) is 10.8. The average molecular weight is 412 g/mol. The minimum atomic E-state index is -0.411. The van der Waals surface area contributed by atoms with E-state index in [1.54, 1.807) is 18.3 Å². The number of non-ortho nitro benzene ring substituents is 1. The van der Waals surface area contributed by atoms with Crippen LogP contribution >= 0.6 is 0 Å². The van der Waals surface area contributed by atoms with Gasteiger partial charge in [0, 0.05) is 18.3 Å². The summed E-state index contributed by atoms with van der Waals surface area (Å²) in [5.41, 5.74) is 5.30. The Balaban J connectivity index is 1.66. The van der Waals surface area contributed by atoms with Crippen molar-refractivity contribution in [2.24, 2.45) is 4.99 Å². The summed E-state index contributed by atoms with van der Waals surface area (Å²) in [4.78, 5) is 19.7. The minimum absolute atomic E-state index is 0.0584. The third kappa shape index (κ3) is 4.53. The van der Waals surface area contributed by atoms with Gasteiger partial charge in [0.15, 0.2) is 0 Å². The highest BCUT2D eigenvalue weighted by atomic mass is 16.6. The van der Waals surface area contributed by atoms with Crippen LogP contribution in [0.2, 0.25) is 0 Å². The average Bonchev–Trinajstić information content (AvgIpc) is 3.10. The molecule has 0 amide bonds. The van der Waals surface area contributed by atoms with Gasteiger partial charge in [0.2, 0.25) is 5.95 Å². The number of nitro benzene ring substituents is 1. The quantitative estimate of drug-likeness (QED) is 0.228. The molecule has 1 heterocycles. The summed E-state index contributed by atoms with van der Waals surface area (Å²) in [5.74, 6) is 0.597. The van der Waals surface area contributed by atoms with Crippen LogP contribution in [0, 0.1) is 10.1 Å². The number of imidazole rings is 1. The van der Waals surface area contributed by atoms with E-state index in [-0.39, 0.29) is 11.1 Å². The van der Waals surface area contributed by atoms with Gasteiger partial charge in [-0.25, -0.2) is 9.98 Å². The molecule has 0 radical (unpaired) electrons. The number of aromatic nitrogens is 2. The van der Waals surface area contributed by atoms with Crippen molar-refractivity contribution in [1.29, 1.82) is 0 Å². The molecule has 0 aliphatic heterocycles. The molecule has 0 aliphatic rings. The molecule has 156 valence electrons. The number of fused-ring (bicyclic) bond motifs is 1. The third-order valence-corrected chi connectivity index (χ3v) is 5.23. The lowest BCUT2D eigenvalue weighted by Gasteiger charge is -2.19. The van der Waals surface area contributed by atoms with Crippen LogP contribution in [0.25, 0.3) is 11.0 Å². The van der Waals surface area contributed by atoms with Crippen molar-refractivity contribution in [3.05, 3.63) is 99.6 Å². The standard InChI is InChI=1S/C25H24N4O2/c1-25(2,3)20-12-8-19(9-13-20)17-28-23-7-5-4-6-22(23)27-24(28)26-16-18-10-14-21(15-11-18)29(30)31/h4-16H,17H2,1-3H3/b26-16+. The number of aliphatic imine (C=N–C) groups is 1. The van der Waals surface area contributed by atoms with Gasteiger partial charge in [-0.15, -0.1) is 0 Å². The van der Waals surface area contributed by atoms with E-state index in [0.29, 0.717) is 12.5 Å². The van der Waals surface area contributed by atoms with Crippen LogP contribution in [0.5, 0.6) is 0 Å². The van der Waals surface area contributed by atoms with Crippen molar-refractivity contribution >= 4 is 28.9 Å². The second-order valence-electron chi connectivity index (χ2n) is 8.54. The van der Waals surface area contributed by atoms with Gasteiger partial charge in [0.1, 0.15) is 0 Å². The van der Waals surface area contributed by atoms with Gasteiger partial charge >= 0.3 is 0 Å². The molecular formula is C25H24N4O2. The maximum absolute atomic E-state index is 10.8. The normalized spacial score (nSPS) is 12.0. The topological polar surface area (TPSA) is 73.3 Å². The Morgan fingerprint density at radius 3 is 2.32 bits per heavy atom. The van der Waals surface area contributed by atoms with Crippen LogP contribution in [0.1, 0.15) is 37.5 Å². The molecule has 0 fully saturated rings. The van der Waals surface area contributed by atoms with Gasteiger partial charge in [-0.3, -0.25) is 10.1 Å². The van der Waals surface area contributed by atoms with Crippen LogP contribution in [0.4, 0.5) is 11.6 Å². The molecule has 0 saturated carbocycles. The zero-order valence-corrected chi connectivity index (χ0v) is 17.8. The molecule has 31 heavy (non-hydrogen) atoms. The number of hydrogen-bond acceptors (Lipinski definition) is 4. The van der Waals surface area contributed by atoms with Crippen LogP contribution in [-0.2, 0) is 12.0 Å². The highest BCUT2D eigenvalue weighted by Crippen LogP contribution is 2.26. The molecule has 0 unspecified atom stereocenters. The number of nitrogens with zero attached hydrogens (tertiary/aromatic N) is 4. The van der Waals surface area contributed by atoms with E-state index in [1.807, 2.05) is 24.3 Å². The molecule has 6 heteroatoms. The Labute approximate surface area is 181 Å². The van der Waals surface area contributed by atoms with Gasteiger partial charge in [-0.1, -0.05) is 57.2 Å². The molecule has 0 aliphatic carbocycles. The van der Waals surface area contributed by atoms with E-state index < -0.39 is 4.92 Å². The lowest BCUT2D eigenvalue weighted by atomic mass is 9.87. The maximum atomic E-state index is 10.8. The lowest BCUT2D eigenvalue weighted by Crippen LogP contribution is -2.11. The molecule has 0 N–H and O–H groups in total. The van der Waals surface area contributed by atoms with E-state index in [4.69, 9.17) is 0 Å². The number of nitro groups is 1. The van der Waals surface area contributed by atoms with Crippen LogP contribution in [-0.4, -0.2) is 20.7 Å². The fourth-order valence-corrected chi connectivity index (χ4v) is 3.42. The first-order chi connectivity index (χ1) is 14.8. The predicted molar refractivity (Wildman–Crippen MR) is 124 cm³/mol. The Morgan fingerprint density at radius 1 is 1.00 bits per heavy atom. The Bertz CT molecular complexity index is 1250. The Hall–Kier alpha value is -3.80. The summed E-state index contributed by atoms with van der Waals surface area (Å²) in [6.45, 7) is 7.26. The lowest BCUT2D eigenvalue weighted by molar-refractivity contribution is -0.384. The summed E-state index contributed by atoms with van der Waals surface area (Å²) >= 11 is 0. The van der Waals surface area contributed by atoms with E-state index in [2.05, 4.69) is 59.6 Å². The van der Waals surface area contributed by atoms with Gasteiger partial charge < -0.3 is 4.57 Å². The van der Waals surface area contributed by atoms with Crippen LogP contribution in [0.3, 0.4) is 0 Å². The maximum Gasteiger partial charge on any atom is 0.269 e. The summed E-state index contributed by atoms with van der Waals surface area (Å²) < 4.78 is 2.09. The zero-order chi connectivity index (χ0) is 22.0. The smallest absolute Gasteiger partial charge is 0.269 e. The molecule has 0 saturated heterocycles. The molecule has 6 nitrogen and oxygen atoms in total. The van der Waals surface area contributed by atoms with Crippen molar-refractivity contribution in [1.82, 2.24) is 9.55 Å². The van der Waals surface area contributed by atoms with Gasteiger partial charge in [0.05, 0.1) is 22.5 Å². The number of para-hydroxylation sites is 2. The summed E-state index contributed by atoms with van der Waals surface area (Å²) in [6, 6.07) is 22.9. The molecule has 4 aromatic rings. The Kier molecular flexibility index (Phi) is 5.38. The molecule has 0 bridgehead atoms. The van der Waals surface area contributed by atoms with Gasteiger partial charge in [-0.05, 0) is 46.4 Å². The largest absolute Gasteiger partial charge is 0.304 e. The van der Waals surface area contributed by atoms with Crippen molar-refractivity contribution in [2.45, 2.75) is 32.7 Å². The molecular weight excluding hydrogens is 388 g/mol. The summed E-state index contributed by atoms with van der Waals surface area (Å²) in [6.07, 6.45) is 1.68. The fraction of sp³-hybridized carbons (Fsp3) is 0.200. The monoisotopic (exact) mass is 412 g/mol. The molecule has 0 spiro atoms.